The fraction of sp³-hybridized carbons (Fsp3) is 0.826. The Morgan fingerprint density at radius 2 is 1.79 bits per heavy atom. The molecule has 0 unspecified atom stereocenters. The van der Waals surface area contributed by atoms with Gasteiger partial charge in [-0.2, -0.15) is 0 Å². The van der Waals surface area contributed by atoms with Crippen LogP contribution in [-0.2, 0) is 19.1 Å². The van der Waals surface area contributed by atoms with Crippen LogP contribution >= 0.6 is 0 Å². The standard InChI is InChI=1S/C23H34O5/c1-13(24)27-16-7-9-22(3)15(11-16)5-6-17-18(22)8-10-23(4)19(17)12-20(21(23)26)28-14(2)25/h5,16-21,26H,6-12H2,1-4H3/t16-,17-,18+,19+,20-,21+,22+,23+/m1/s1. The molecule has 4 rings (SSSR count). The Morgan fingerprint density at radius 1 is 1.07 bits per heavy atom. The topological polar surface area (TPSA) is 72.8 Å². The molecule has 0 saturated heterocycles. The second kappa shape index (κ2) is 6.86. The number of carbonyl (C=O) groups is 2. The fourth-order valence-corrected chi connectivity index (χ4v) is 7.25. The van der Waals surface area contributed by atoms with Gasteiger partial charge >= 0.3 is 11.9 Å². The maximum Gasteiger partial charge on any atom is 0.302 e. The maximum absolute atomic E-state index is 11.5. The summed E-state index contributed by atoms with van der Waals surface area (Å²) in [6.45, 7) is 7.52. The number of allylic oxidation sites excluding steroid dienone is 1. The second-order valence-corrected chi connectivity index (χ2v) is 10.1. The lowest BCUT2D eigenvalue weighted by Gasteiger charge is -2.57. The van der Waals surface area contributed by atoms with E-state index in [1.165, 1.54) is 19.4 Å². The number of hydrogen-bond donors (Lipinski definition) is 1. The average Bonchev–Trinajstić information content (AvgIpc) is 2.86. The Hall–Kier alpha value is -1.36. The van der Waals surface area contributed by atoms with E-state index in [1.54, 1.807) is 0 Å². The summed E-state index contributed by atoms with van der Waals surface area (Å²) >= 11 is 0. The van der Waals surface area contributed by atoms with E-state index in [2.05, 4.69) is 19.9 Å². The molecule has 0 aliphatic heterocycles. The van der Waals surface area contributed by atoms with Gasteiger partial charge in [0.05, 0.1) is 6.10 Å². The first-order valence-corrected chi connectivity index (χ1v) is 10.9. The molecule has 0 aromatic heterocycles. The molecular weight excluding hydrogens is 356 g/mol. The van der Waals surface area contributed by atoms with Gasteiger partial charge in [-0.3, -0.25) is 9.59 Å². The van der Waals surface area contributed by atoms with Crippen LogP contribution in [0.1, 0.15) is 72.6 Å². The molecule has 0 heterocycles. The highest BCUT2D eigenvalue weighted by Gasteiger charge is 2.61. The third kappa shape index (κ3) is 3.01. The molecule has 0 aromatic rings. The molecule has 0 radical (unpaired) electrons. The Bertz CT molecular complexity index is 699. The number of rotatable bonds is 2. The lowest BCUT2D eigenvalue weighted by atomic mass is 9.48. The van der Waals surface area contributed by atoms with Crippen molar-refractivity contribution in [3.05, 3.63) is 11.6 Å². The van der Waals surface area contributed by atoms with E-state index < -0.39 is 6.10 Å². The molecular formula is C23H34O5. The molecule has 0 aromatic carbocycles. The molecule has 156 valence electrons. The molecule has 4 aliphatic carbocycles. The van der Waals surface area contributed by atoms with E-state index in [0.717, 1.165) is 44.9 Å². The zero-order valence-electron chi connectivity index (χ0n) is 17.6. The Morgan fingerprint density at radius 3 is 2.46 bits per heavy atom. The smallest absolute Gasteiger partial charge is 0.302 e. The molecule has 5 heteroatoms. The van der Waals surface area contributed by atoms with Crippen molar-refractivity contribution in [3.63, 3.8) is 0 Å². The quantitative estimate of drug-likeness (QED) is 0.574. The van der Waals surface area contributed by atoms with Crippen LogP contribution in [0.4, 0.5) is 0 Å². The summed E-state index contributed by atoms with van der Waals surface area (Å²) in [6, 6.07) is 0. The third-order valence-corrected chi connectivity index (χ3v) is 8.66. The van der Waals surface area contributed by atoms with Gasteiger partial charge in [-0.15, -0.1) is 0 Å². The van der Waals surface area contributed by atoms with E-state index in [-0.39, 0.29) is 35.0 Å². The van der Waals surface area contributed by atoms with Crippen LogP contribution in [0.15, 0.2) is 11.6 Å². The highest BCUT2D eigenvalue weighted by atomic mass is 16.6. The summed E-state index contributed by atoms with van der Waals surface area (Å²) in [5.74, 6) is 1.00. The van der Waals surface area contributed by atoms with Gasteiger partial charge in [0.1, 0.15) is 12.2 Å². The predicted molar refractivity (Wildman–Crippen MR) is 104 cm³/mol. The molecule has 0 spiro atoms. The van der Waals surface area contributed by atoms with E-state index in [9.17, 15) is 14.7 Å². The Kier molecular flexibility index (Phi) is 4.88. The van der Waals surface area contributed by atoms with Gasteiger partial charge in [0.25, 0.3) is 0 Å². The first kappa shape index (κ1) is 19.9. The number of aliphatic hydroxyl groups is 1. The average molecular weight is 391 g/mol. The Labute approximate surface area is 167 Å². The van der Waals surface area contributed by atoms with Gasteiger partial charge in [0.2, 0.25) is 0 Å². The molecule has 1 N–H and O–H groups in total. The highest BCUT2D eigenvalue weighted by Crippen LogP contribution is 2.65. The molecule has 8 atom stereocenters. The Balaban J connectivity index is 1.57. The molecule has 0 bridgehead atoms. The number of aliphatic hydroxyl groups excluding tert-OH is 1. The van der Waals surface area contributed by atoms with Crippen molar-refractivity contribution in [3.8, 4) is 0 Å². The fourth-order valence-electron chi connectivity index (χ4n) is 7.25. The number of hydrogen-bond acceptors (Lipinski definition) is 5. The second-order valence-electron chi connectivity index (χ2n) is 10.1. The van der Waals surface area contributed by atoms with Crippen molar-refractivity contribution in [2.45, 2.75) is 91.0 Å². The summed E-state index contributed by atoms with van der Waals surface area (Å²) < 4.78 is 11.0. The zero-order chi connectivity index (χ0) is 20.3. The number of fused-ring (bicyclic) bond motifs is 5. The summed E-state index contributed by atoms with van der Waals surface area (Å²) in [4.78, 5) is 22.9. The van der Waals surface area contributed by atoms with E-state index in [0.29, 0.717) is 17.8 Å². The number of esters is 2. The number of carbonyl (C=O) groups excluding carboxylic acids is 2. The monoisotopic (exact) mass is 390 g/mol. The van der Waals surface area contributed by atoms with E-state index >= 15 is 0 Å². The lowest BCUT2D eigenvalue weighted by Crippen LogP contribution is -2.51. The highest BCUT2D eigenvalue weighted by molar-refractivity contribution is 5.66. The molecule has 3 saturated carbocycles. The van der Waals surface area contributed by atoms with Crippen LogP contribution < -0.4 is 0 Å². The van der Waals surface area contributed by atoms with Crippen molar-refractivity contribution in [2.24, 2.45) is 28.6 Å². The lowest BCUT2D eigenvalue weighted by molar-refractivity contribution is -0.154. The van der Waals surface area contributed by atoms with Crippen molar-refractivity contribution in [1.29, 1.82) is 0 Å². The molecule has 0 amide bonds. The summed E-state index contributed by atoms with van der Waals surface area (Å²) in [5.41, 5.74) is 1.45. The molecule has 3 fully saturated rings. The van der Waals surface area contributed by atoms with Crippen molar-refractivity contribution < 1.29 is 24.2 Å². The van der Waals surface area contributed by atoms with Crippen LogP contribution in [0.2, 0.25) is 0 Å². The normalized spacial score (nSPS) is 47.2. The first-order chi connectivity index (χ1) is 13.1. The summed E-state index contributed by atoms with van der Waals surface area (Å²) in [7, 11) is 0. The van der Waals surface area contributed by atoms with Gasteiger partial charge in [0, 0.05) is 25.7 Å². The van der Waals surface area contributed by atoms with E-state index in [4.69, 9.17) is 9.47 Å². The molecule has 4 aliphatic rings. The van der Waals surface area contributed by atoms with Crippen molar-refractivity contribution in [1.82, 2.24) is 0 Å². The predicted octanol–water partition coefficient (Wildman–Crippen LogP) is 3.78. The van der Waals surface area contributed by atoms with Crippen LogP contribution in [0, 0.1) is 28.6 Å². The van der Waals surface area contributed by atoms with Gasteiger partial charge in [0.15, 0.2) is 0 Å². The van der Waals surface area contributed by atoms with Crippen LogP contribution in [0.5, 0.6) is 0 Å². The minimum atomic E-state index is -0.569. The summed E-state index contributed by atoms with van der Waals surface area (Å²) in [5, 5.41) is 11.0. The third-order valence-electron chi connectivity index (χ3n) is 8.66. The van der Waals surface area contributed by atoms with Crippen molar-refractivity contribution in [2.75, 3.05) is 0 Å². The van der Waals surface area contributed by atoms with Crippen LogP contribution in [0.3, 0.4) is 0 Å². The van der Waals surface area contributed by atoms with E-state index in [1.807, 2.05) is 0 Å². The minimum absolute atomic E-state index is 0.0175. The van der Waals surface area contributed by atoms with Gasteiger partial charge in [-0.05, 0) is 61.7 Å². The summed E-state index contributed by atoms with van der Waals surface area (Å²) in [6.07, 6.45) is 8.19. The van der Waals surface area contributed by atoms with Crippen LogP contribution in [-0.4, -0.2) is 35.4 Å². The van der Waals surface area contributed by atoms with Gasteiger partial charge in [-0.25, -0.2) is 0 Å². The van der Waals surface area contributed by atoms with Crippen LogP contribution in [0.25, 0.3) is 0 Å². The van der Waals surface area contributed by atoms with Gasteiger partial charge in [-0.1, -0.05) is 25.5 Å². The molecule has 28 heavy (non-hydrogen) atoms. The zero-order valence-corrected chi connectivity index (χ0v) is 17.6. The molecule has 5 nitrogen and oxygen atoms in total. The minimum Gasteiger partial charge on any atom is -0.462 e. The maximum atomic E-state index is 11.5. The number of ether oxygens (including phenoxy) is 2. The van der Waals surface area contributed by atoms with Gasteiger partial charge < -0.3 is 14.6 Å². The SMILES string of the molecule is CC(=O)O[C@@H]1CC[C@@]2(C)C(=CC[C@H]3[C@@H]4C[C@@H](OC(C)=O)[C@H](O)[C@@]4(C)CC[C@@H]32)C1. The first-order valence-electron chi connectivity index (χ1n) is 10.9. The van der Waals surface area contributed by atoms with Crippen molar-refractivity contribution >= 4 is 11.9 Å². The largest absolute Gasteiger partial charge is 0.462 e.